The second-order valence-electron chi connectivity index (χ2n) is 15.2. The van der Waals surface area contributed by atoms with Gasteiger partial charge in [-0.2, -0.15) is 21.4 Å². The molecule has 0 radical (unpaired) electrons. The van der Waals surface area contributed by atoms with Crippen LogP contribution in [0.5, 0.6) is 0 Å². The van der Waals surface area contributed by atoms with Crippen LogP contribution in [0, 0.1) is 0 Å². The van der Waals surface area contributed by atoms with Crippen LogP contribution in [-0.4, -0.2) is 77.9 Å². The van der Waals surface area contributed by atoms with Crippen LogP contribution < -0.4 is 4.90 Å². The highest BCUT2D eigenvalue weighted by Gasteiger charge is 2.47. The Morgan fingerprint density at radius 1 is 0.893 bits per heavy atom. The molecule has 2 aromatic carbocycles. The van der Waals surface area contributed by atoms with Crippen molar-refractivity contribution in [2.45, 2.75) is 108 Å². The van der Waals surface area contributed by atoms with Gasteiger partial charge >= 0.3 is 5.97 Å². The maximum atomic E-state index is 12.4. The molecule has 3 aliphatic rings. The average molecular weight is 811 g/mol. The van der Waals surface area contributed by atoms with Gasteiger partial charge in [-0.3, -0.25) is 18.7 Å². The summed E-state index contributed by atoms with van der Waals surface area (Å²) in [5.41, 5.74) is 4.63. The number of anilines is 1. The van der Waals surface area contributed by atoms with E-state index in [4.69, 9.17) is 4.84 Å². The quantitative estimate of drug-likeness (QED) is 0.0537. The third-order valence-corrected chi connectivity index (χ3v) is 12.5. The first-order valence-corrected chi connectivity index (χ1v) is 22.1. The number of carbonyl (C=O) groups excluding carboxylic acids is 3. The van der Waals surface area contributed by atoms with Crippen molar-refractivity contribution >= 4 is 55.1 Å². The zero-order valence-electron chi connectivity index (χ0n) is 32.4. The molecule has 5 rings (SSSR count). The second kappa shape index (κ2) is 17.4. The number of carbonyl (C=O) groups is 3. The molecule has 15 heteroatoms. The second-order valence-corrected chi connectivity index (χ2v) is 18.2. The smallest absolute Gasteiger partial charge is 0.333 e. The van der Waals surface area contributed by atoms with Crippen molar-refractivity contribution in [2.75, 3.05) is 23.7 Å². The Morgan fingerprint density at radius 3 is 2.29 bits per heavy atom. The topological polar surface area (TPSA) is 179 Å². The monoisotopic (exact) mass is 810 g/mol. The number of rotatable bonds is 18. The lowest BCUT2D eigenvalue weighted by atomic mass is 9.75. The van der Waals surface area contributed by atoms with E-state index in [9.17, 15) is 40.3 Å². The molecule has 1 fully saturated rings. The molecule has 0 aliphatic carbocycles. The highest BCUT2D eigenvalue weighted by atomic mass is 32.2. The van der Waals surface area contributed by atoms with Gasteiger partial charge in [-0.25, -0.2) is 4.79 Å². The Labute approximate surface area is 329 Å². The van der Waals surface area contributed by atoms with Crippen molar-refractivity contribution < 1.29 is 49.7 Å². The van der Waals surface area contributed by atoms with Gasteiger partial charge in [-0.1, -0.05) is 76.5 Å². The lowest BCUT2D eigenvalue weighted by Gasteiger charge is -2.27. The summed E-state index contributed by atoms with van der Waals surface area (Å²) in [6.07, 6.45) is 15.1. The summed E-state index contributed by atoms with van der Waals surface area (Å²) in [7, 11) is -8.65. The maximum absolute atomic E-state index is 12.4. The summed E-state index contributed by atoms with van der Waals surface area (Å²) < 4.78 is 68.5. The van der Waals surface area contributed by atoms with Crippen LogP contribution in [0.25, 0.3) is 0 Å². The van der Waals surface area contributed by atoms with Gasteiger partial charge in [-0.05, 0) is 56.0 Å². The molecule has 302 valence electrons. The standard InChI is InChI=1S/C41H51N3O10S2/c1-5-6-26-43-33-17-13-12-16-31(33)41(4,25-14-8-11-20-39(47)54-44-37(45)23-24-38(44)46)36(43)19-10-7-9-18-35-40(2,3)32-29-30(56(51,52)53)21-22-34(32)42(35)27-15-28-55(48,49)50/h7,9-10,12-13,16-19,21-22,29H,5-6,8,11,14-15,20,23-28H2,1-4H3,(H-,48,49,50,51,52,53)/p+1. The van der Waals surface area contributed by atoms with Gasteiger partial charge in [0, 0.05) is 66.7 Å². The van der Waals surface area contributed by atoms with E-state index in [2.05, 4.69) is 36.6 Å². The molecular weight excluding hydrogens is 759 g/mol. The maximum Gasteiger partial charge on any atom is 0.333 e. The summed E-state index contributed by atoms with van der Waals surface area (Å²) in [5.74, 6) is -2.01. The van der Waals surface area contributed by atoms with E-state index in [-0.39, 0.29) is 42.5 Å². The van der Waals surface area contributed by atoms with Crippen LogP contribution in [0.2, 0.25) is 0 Å². The van der Waals surface area contributed by atoms with Gasteiger partial charge in [0.2, 0.25) is 5.69 Å². The SMILES string of the molecule is CCCC[N+]1=C(/C=C/C=C/C=C2/N(CCCS(=O)(=O)O)c3ccc(S(=O)(=O)O)cc3C2(C)C)C(C)(CCCCCC(=O)ON2C(=O)CCC2=O)c2ccccc21. The number of nitrogens with zero attached hydrogens (tertiary/aromatic N) is 3. The first-order chi connectivity index (χ1) is 26.4. The lowest BCUT2D eigenvalue weighted by molar-refractivity contribution is -0.438. The molecule has 3 aliphatic heterocycles. The molecule has 1 atom stereocenters. The van der Waals surface area contributed by atoms with Crippen LogP contribution in [-0.2, 0) is 50.3 Å². The Bertz CT molecular complexity index is 2190. The number of allylic oxidation sites excluding steroid dienone is 6. The van der Waals surface area contributed by atoms with Crippen molar-refractivity contribution in [3.8, 4) is 0 Å². The Hall–Kier alpha value is -4.44. The summed E-state index contributed by atoms with van der Waals surface area (Å²) in [6, 6.07) is 12.8. The number of imide groups is 1. The fourth-order valence-corrected chi connectivity index (χ4v) is 8.88. The summed E-state index contributed by atoms with van der Waals surface area (Å²) >= 11 is 0. The minimum Gasteiger partial charge on any atom is -0.344 e. The fourth-order valence-electron chi connectivity index (χ4n) is 7.88. The number of para-hydroxylation sites is 1. The number of hydrogen-bond donors (Lipinski definition) is 2. The van der Waals surface area contributed by atoms with Gasteiger partial charge in [0.15, 0.2) is 5.71 Å². The van der Waals surface area contributed by atoms with Crippen LogP contribution in [0.15, 0.2) is 83.4 Å². The van der Waals surface area contributed by atoms with Crippen molar-refractivity contribution in [1.82, 2.24) is 5.06 Å². The Kier molecular flexibility index (Phi) is 13.2. The van der Waals surface area contributed by atoms with E-state index in [0.717, 1.165) is 55.7 Å². The van der Waals surface area contributed by atoms with E-state index >= 15 is 0 Å². The molecule has 2 amide bonds. The lowest BCUT2D eigenvalue weighted by Crippen LogP contribution is -2.32. The zero-order chi connectivity index (χ0) is 40.9. The molecule has 1 unspecified atom stereocenters. The number of amides is 2. The molecule has 13 nitrogen and oxygen atoms in total. The van der Waals surface area contributed by atoms with Crippen LogP contribution in [0.1, 0.15) is 103 Å². The molecule has 0 spiro atoms. The molecule has 0 aromatic heterocycles. The molecule has 1 saturated heterocycles. The number of hydroxylamine groups is 2. The van der Waals surface area contributed by atoms with Crippen molar-refractivity contribution in [1.29, 1.82) is 0 Å². The number of hydrogen-bond acceptors (Lipinski definition) is 9. The average Bonchev–Trinajstić information content (AvgIpc) is 3.65. The Balaban J connectivity index is 1.36. The first kappa shape index (κ1) is 42.7. The van der Waals surface area contributed by atoms with Gasteiger partial charge < -0.3 is 9.74 Å². The van der Waals surface area contributed by atoms with Crippen LogP contribution in [0.3, 0.4) is 0 Å². The van der Waals surface area contributed by atoms with Gasteiger partial charge in [0.25, 0.3) is 32.1 Å². The normalized spacial score (nSPS) is 20.3. The van der Waals surface area contributed by atoms with Crippen LogP contribution in [0.4, 0.5) is 11.4 Å². The van der Waals surface area contributed by atoms with E-state index < -0.39 is 49.2 Å². The first-order valence-electron chi connectivity index (χ1n) is 19.1. The van der Waals surface area contributed by atoms with Crippen molar-refractivity contribution in [3.05, 3.63) is 89.7 Å². The molecular formula is C41H52N3O10S2+. The highest BCUT2D eigenvalue weighted by Crippen LogP contribution is 2.49. The third-order valence-electron chi connectivity index (χ3n) is 10.8. The van der Waals surface area contributed by atoms with E-state index in [1.54, 1.807) is 6.07 Å². The molecule has 0 saturated carbocycles. The zero-order valence-corrected chi connectivity index (χ0v) is 34.1. The van der Waals surface area contributed by atoms with E-state index in [1.807, 2.05) is 55.2 Å². The number of fused-ring (bicyclic) bond motifs is 2. The predicted octanol–water partition coefficient (Wildman–Crippen LogP) is 6.72. The third kappa shape index (κ3) is 9.56. The van der Waals surface area contributed by atoms with Gasteiger partial charge in [-0.15, -0.1) is 5.06 Å². The van der Waals surface area contributed by atoms with E-state index in [1.165, 1.54) is 17.7 Å². The van der Waals surface area contributed by atoms with Gasteiger partial charge in [0.05, 0.1) is 16.1 Å². The highest BCUT2D eigenvalue weighted by molar-refractivity contribution is 7.86. The summed E-state index contributed by atoms with van der Waals surface area (Å²) in [6.45, 7) is 9.35. The van der Waals surface area contributed by atoms with Crippen LogP contribution >= 0.6 is 0 Å². The van der Waals surface area contributed by atoms with Gasteiger partial charge in [0.1, 0.15) is 6.54 Å². The fraction of sp³-hybridized carbons (Fsp3) is 0.463. The number of benzene rings is 2. The summed E-state index contributed by atoms with van der Waals surface area (Å²) in [4.78, 5) is 42.7. The molecule has 0 bridgehead atoms. The summed E-state index contributed by atoms with van der Waals surface area (Å²) in [5, 5.41) is 0.585. The molecule has 2 N–H and O–H groups in total. The number of unbranched alkanes of at least 4 members (excludes halogenated alkanes) is 3. The molecule has 2 aromatic rings. The van der Waals surface area contributed by atoms with Crippen molar-refractivity contribution in [3.63, 3.8) is 0 Å². The Morgan fingerprint density at radius 2 is 1.61 bits per heavy atom. The van der Waals surface area contributed by atoms with E-state index in [0.29, 0.717) is 22.7 Å². The largest absolute Gasteiger partial charge is 0.344 e. The minimum absolute atomic E-state index is 0.0541. The minimum atomic E-state index is -4.46. The van der Waals surface area contributed by atoms with Crippen molar-refractivity contribution in [2.24, 2.45) is 0 Å². The molecule has 3 heterocycles. The molecule has 56 heavy (non-hydrogen) atoms. The predicted molar refractivity (Wildman–Crippen MR) is 213 cm³/mol.